The van der Waals surface area contributed by atoms with Crippen LogP contribution in [-0.2, 0) is 17.1 Å². The van der Waals surface area contributed by atoms with E-state index in [4.69, 9.17) is 14.2 Å². The molecule has 1 aliphatic heterocycles. The van der Waals surface area contributed by atoms with Gasteiger partial charge >= 0.3 is 12.4 Å². The molecule has 0 aliphatic carbocycles. The van der Waals surface area contributed by atoms with Crippen LogP contribution in [0.1, 0.15) is 57.4 Å². The van der Waals surface area contributed by atoms with Crippen molar-refractivity contribution in [1.82, 2.24) is 0 Å². The van der Waals surface area contributed by atoms with Crippen molar-refractivity contribution < 1.29 is 40.6 Å². The highest BCUT2D eigenvalue weighted by molar-refractivity contribution is 5.42. The van der Waals surface area contributed by atoms with Gasteiger partial charge in [0, 0.05) is 11.8 Å². The molecule has 1 heterocycles. The molecule has 0 unspecified atom stereocenters. The fourth-order valence-corrected chi connectivity index (χ4v) is 5.42. The van der Waals surface area contributed by atoms with Crippen molar-refractivity contribution in [2.75, 3.05) is 14.2 Å². The molecule has 0 saturated carbocycles. The number of hydrogen-bond donors (Lipinski definition) is 0. The van der Waals surface area contributed by atoms with Gasteiger partial charge in [-0.2, -0.15) is 26.3 Å². The average Bonchev–Trinajstić information content (AvgIpc) is 3.37. The third kappa shape index (κ3) is 5.91. The Kier molecular flexibility index (Phi) is 7.74. The molecule has 1 fully saturated rings. The van der Waals surface area contributed by atoms with Crippen LogP contribution in [-0.4, -0.2) is 14.2 Å². The fraction of sp³-hybridized carbons (Fsp3) is 0.250. The molecule has 41 heavy (non-hydrogen) atoms. The van der Waals surface area contributed by atoms with E-state index < -0.39 is 47.5 Å². The van der Waals surface area contributed by atoms with E-state index in [0.29, 0.717) is 22.6 Å². The Morgan fingerprint density at radius 3 is 1.02 bits per heavy atom. The molecule has 0 spiro atoms. The summed E-state index contributed by atoms with van der Waals surface area (Å²) in [5.41, 5.74) is 1.06. The van der Waals surface area contributed by atoms with Crippen molar-refractivity contribution in [2.24, 2.45) is 0 Å². The van der Waals surface area contributed by atoms with Crippen molar-refractivity contribution in [3.05, 3.63) is 130 Å². The van der Waals surface area contributed by atoms with Crippen molar-refractivity contribution in [3.63, 3.8) is 0 Å². The molecule has 0 N–H and O–H groups in total. The van der Waals surface area contributed by atoms with Gasteiger partial charge < -0.3 is 14.2 Å². The number of rotatable bonds is 6. The summed E-state index contributed by atoms with van der Waals surface area (Å²) < 4.78 is 97.6. The number of alkyl halides is 6. The number of hydrogen-bond acceptors (Lipinski definition) is 3. The molecule has 0 amide bonds. The summed E-state index contributed by atoms with van der Waals surface area (Å²) in [7, 11) is 3.07. The topological polar surface area (TPSA) is 27.7 Å². The van der Waals surface area contributed by atoms with E-state index in [9.17, 15) is 26.3 Å². The van der Waals surface area contributed by atoms with Gasteiger partial charge in [0.25, 0.3) is 0 Å². The lowest BCUT2D eigenvalue weighted by molar-refractivity contribution is -0.138. The zero-order valence-electron chi connectivity index (χ0n) is 22.0. The van der Waals surface area contributed by atoms with Gasteiger partial charge in [-0.25, -0.2) is 0 Å². The zero-order valence-corrected chi connectivity index (χ0v) is 22.0. The minimum Gasteiger partial charge on any atom is -0.497 e. The first-order valence-electron chi connectivity index (χ1n) is 12.8. The summed E-state index contributed by atoms with van der Waals surface area (Å²) in [5.74, 6) is 0.164. The molecule has 5 rings (SSSR count). The Labute approximate surface area is 233 Å². The molecule has 3 nitrogen and oxygen atoms in total. The highest BCUT2D eigenvalue weighted by atomic mass is 19.4. The monoisotopic (exact) mass is 572 g/mol. The van der Waals surface area contributed by atoms with Gasteiger partial charge in [0.15, 0.2) is 0 Å². The van der Waals surface area contributed by atoms with Gasteiger partial charge in [-0.3, -0.25) is 0 Å². The molecule has 0 radical (unpaired) electrons. The summed E-state index contributed by atoms with van der Waals surface area (Å²) in [6.07, 6.45) is -10.3. The van der Waals surface area contributed by atoms with Crippen LogP contribution < -0.4 is 9.47 Å². The van der Waals surface area contributed by atoms with Crippen LogP contribution in [0.25, 0.3) is 0 Å². The predicted octanol–water partition coefficient (Wildman–Crippen LogP) is 9.12. The summed E-state index contributed by atoms with van der Waals surface area (Å²) in [6.45, 7) is 0. The predicted molar refractivity (Wildman–Crippen MR) is 141 cm³/mol. The zero-order chi connectivity index (χ0) is 29.4. The normalized spacial score (nSPS) is 21.1. The molecule has 4 aromatic rings. The fourth-order valence-electron chi connectivity index (χ4n) is 5.42. The maximum absolute atomic E-state index is 13.4. The largest absolute Gasteiger partial charge is 0.497 e. The van der Waals surface area contributed by atoms with Crippen LogP contribution in [0.5, 0.6) is 11.5 Å². The van der Waals surface area contributed by atoms with E-state index in [0.717, 1.165) is 35.4 Å². The Morgan fingerprint density at radius 1 is 0.463 bits per heavy atom. The Balaban J connectivity index is 1.67. The number of benzene rings is 4. The molecule has 214 valence electrons. The minimum atomic E-state index is -4.52. The molecule has 1 aliphatic rings. The second-order valence-corrected chi connectivity index (χ2v) is 9.81. The van der Waals surface area contributed by atoms with E-state index in [2.05, 4.69) is 0 Å². The van der Waals surface area contributed by atoms with Crippen molar-refractivity contribution in [3.8, 4) is 11.5 Å². The van der Waals surface area contributed by atoms with Gasteiger partial charge in [0.1, 0.15) is 11.5 Å². The van der Waals surface area contributed by atoms with E-state index in [1.165, 1.54) is 38.5 Å². The molecular formula is C32H26F6O3. The van der Waals surface area contributed by atoms with Crippen LogP contribution >= 0.6 is 0 Å². The Bertz CT molecular complexity index is 1330. The number of halogens is 6. The molecular weight excluding hydrogens is 546 g/mol. The highest BCUT2D eigenvalue weighted by Crippen LogP contribution is 2.59. The van der Waals surface area contributed by atoms with Crippen LogP contribution in [0, 0.1) is 0 Å². The summed E-state index contributed by atoms with van der Waals surface area (Å²) in [4.78, 5) is 0. The van der Waals surface area contributed by atoms with Crippen LogP contribution in [0.2, 0.25) is 0 Å². The van der Waals surface area contributed by atoms with Crippen molar-refractivity contribution >= 4 is 0 Å². The van der Waals surface area contributed by atoms with Crippen molar-refractivity contribution in [1.29, 1.82) is 0 Å². The highest BCUT2D eigenvalue weighted by Gasteiger charge is 2.47. The van der Waals surface area contributed by atoms with Gasteiger partial charge in [-0.05, 0) is 70.8 Å². The van der Waals surface area contributed by atoms with E-state index in [1.54, 1.807) is 24.3 Å². The molecule has 0 bridgehead atoms. The number of methoxy groups -OCH3 is 2. The van der Waals surface area contributed by atoms with Crippen LogP contribution in [0.4, 0.5) is 26.3 Å². The Hall–Kier alpha value is -3.98. The van der Waals surface area contributed by atoms with Crippen molar-refractivity contribution in [2.45, 2.75) is 36.4 Å². The minimum absolute atomic E-state index is 0.533. The number of ether oxygens (including phenoxy) is 3. The van der Waals surface area contributed by atoms with Gasteiger partial charge in [-0.1, -0.05) is 48.5 Å². The molecule has 4 aromatic carbocycles. The lowest BCUT2D eigenvalue weighted by Crippen LogP contribution is -2.15. The van der Waals surface area contributed by atoms with Crippen LogP contribution in [0.3, 0.4) is 0 Å². The Morgan fingerprint density at radius 2 is 0.756 bits per heavy atom. The third-order valence-electron chi connectivity index (χ3n) is 7.47. The maximum Gasteiger partial charge on any atom is 0.416 e. The summed E-state index contributed by atoms with van der Waals surface area (Å²) in [5, 5.41) is 0. The molecule has 1 saturated heterocycles. The van der Waals surface area contributed by atoms with E-state index in [1.807, 2.05) is 24.3 Å². The quantitative estimate of drug-likeness (QED) is 0.216. The first-order chi connectivity index (χ1) is 19.5. The standard InChI is InChI=1S/C32H26F6O3/c1-39-25-15-7-21(8-16-25)29-27(19-3-11-23(12-4-19)31(33,34)35)28(20-5-13-24(14-6-20)32(36,37)38)30(41-29)22-9-17-26(40-2)18-10-22/h3-18,27-30H,1-2H3/t27-,28-,29+,30+/m0/s1. The maximum atomic E-state index is 13.4. The first kappa shape index (κ1) is 28.5. The van der Waals surface area contributed by atoms with Crippen LogP contribution in [0.15, 0.2) is 97.1 Å². The smallest absolute Gasteiger partial charge is 0.416 e. The first-order valence-corrected chi connectivity index (χ1v) is 12.8. The average molecular weight is 573 g/mol. The van der Waals surface area contributed by atoms with Gasteiger partial charge in [0.2, 0.25) is 0 Å². The van der Waals surface area contributed by atoms with Gasteiger partial charge in [0.05, 0.1) is 37.6 Å². The molecule has 0 aromatic heterocycles. The molecule has 4 atom stereocenters. The third-order valence-corrected chi connectivity index (χ3v) is 7.47. The van der Waals surface area contributed by atoms with E-state index in [-0.39, 0.29) is 0 Å². The second kappa shape index (κ2) is 11.1. The SMILES string of the molecule is COc1ccc([C@H]2O[C@H](c3ccc(OC)cc3)[C@@H](c3ccc(C(F)(F)F)cc3)[C@@H]2c2ccc(C(F)(F)F)cc2)cc1. The second-order valence-electron chi connectivity index (χ2n) is 9.81. The van der Waals surface area contributed by atoms with Gasteiger partial charge in [-0.15, -0.1) is 0 Å². The lowest BCUT2D eigenvalue weighted by Gasteiger charge is -2.26. The lowest BCUT2D eigenvalue weighted by atomic mass is 9.75. The summed E-state index contributed by atoms with van der Waals surface area (Å²) in [6, 6.07) is 24.1. The van der Waals surface area contributed by atoms with E-state index >= 15 is 0 Å². The summed E-state index contributed by atoms with van der Waals surface area (Å²) >= 11 is 0. The molecule has 9 heteroatoms.